The molecule has 0 radical (unpaired) electrons. The number of piperidine rings is 1. The molecule has 2 heterocycles. The number of nitrogens with zero attached hydrogens (tertiary/aromatic N) is 3. The number of anilines is 1. The number of aliphatic imine (C=N–C) groups is 2. The second kappa shape index (κ2) is 11.0. The number of rotatable bonds is 6. The lowest BCUT2D eigenvalue weighted by Crippen LogP contribution is -2.46. The van der Waals surface area contributed by atoms with Gasteiger partial charge in [-0.3, -0.25) is 4.99 Å². The van der Waals surface area contributed by atoms with E-state index in [1.807, 2.05) is 60.4 Å². The standard InChI is InChI=1S/C29H30N4O2S/c1-2-35-25-16-10-9-15-24(25)30-28(34)33-19-17-29(18-20-33)31-26(23-13-7-4-8-14-23)27(32-29)36-21-22-11-5-3-6-12-22/h3-16H,2,17-21H2,1H3,(H,30,34). The van der Waals surface area contributed by atoms with Crippen molar-refractivity contribution in [2.24, 2.45) is 9.98 Å². The van der Waals surface area contributed by atoms with Crippen LogP contribution in [0.2, 0.25) is 0 Å². The fraction of sp³-hybridized carbons (Fsp3) is 0.276. The molecule has 3 aromatic rings. The molecule has 2 aliphatic rings. The summed E-state index contributed by atoms with van der Waals surface area (Å²) < 4.78 is 5.65. The third kappa shape index (κ3) is 5.46. The molecule has 184 valence electrons. The van der Waals surface area contributed by atoms with Crippen molar-refractivity contribution in [3.05, 3.63) is 96.1 Å². The zero-order valence-corrected chi connectivity index (χ0v) is 21.2. The van der Waals surface area contributed by atoms with Crippen LogP contribution in [0.1, 0.15) is 30.9 Å². The second-order valence-corrected chi connectivity index (χ2v) is 9.81. The lowest BCUT2D eigenvalue weighted by molar-refractivity contribution is 0.175. The van der Waals surface area contributed by atoms with Crippen molar-refractivity contribution in [3.63, 3.8) is 0 Å². The van der Waals surface area contributed by atoms with Crippen LogP contribution in [0.5, 0.6) is 5.75 Å². The summed E-state index contributed by atoms with van der Waals surface area (Å²) in [6.07, 6.45) is 1.39. The Labute approximate surface area is 216 Å². The average Bonchev–Trinajstić information content (AvgIpc) is 3.28. The van der Waals surface area contributed by atoms with E-state index in [0.29, 0.717) is 44.0 Å². The van der Waals surface area contributed by atoms with Crippen molar-refractivity contribution >= 4 is 34.2 Å². The minimum atomic E-state index is -0.510. The fourth-order valence-electron chi connectivity index (χ4n) is 4.47. The highest BCUT2D eigenvalue weighted by Gasteiger charge is 2.40. The number of benzene rings is 3. The molecule has 0 bridgehead atoms. The summed E-state index contributed by atoms with van der Waals surface area (Å²) >= 11 is 1.74. The van der Waals surface area contributed by atoms with Gasteiger partial charge in [0.05, 0.1) is 18.0 Å². The van der Waals surface area contributed by atoms with E-state index in [1.165, 1.54) is 5.56 Å². The Bertz CT molecular complexity index is 1250. The minimum Gasteiger partial charge on any atom is -0.492 e. The Morgan fingerprint density at radius 2 is 1.61 bits per heavy atom. The molecular formula is C29H30N4O2S. The Kier molecular flexibility index (Phi) is 7.37. The van der Waals surface area contributed by atoms with Crippen LogP contribution < -0.4 is 10.1 Å². The van der Waals surface area contributed by atoms with Gasteiger partial charge >= 0.3 is 6.03 Å². The number of hydrogen-bond acceptors (Lipinski definition) is 5. The van der Waals surface area contributed by atoms with E-state index in [4.69, 9.17) is 14.7 Å². The molecule has 0 aromatic heterocycles. The lowest BCUT2D eigenvalue weighted by Gasteiger charge is -2.35. The van der Waals surface area contributed by atoms with E-state index in [9.17, 15) is 4.79 Å². The molecule has 36 heavy (non-hydrogen) atoms. The molecule has 7 heteroatoms. The van der Waals surface area contributed by atoms with Crippen molar-refractivity contribution in [1.29, 1.82) is 0 Å². The third-order valence-corrected chi connectivity index (χ3v) is 7.41. The maximum atomic E-state index is 13.0. The van der Waals surface area contributed by atoms with Crippen LogP contribution in [0, 0.1) is 0 Å². The van der Waals surface area contributed by atoms with E-state index in [1.54, 1.807) is 11.8 Å². The van der Waals surface area contributed by atoms with Gasteiger partial charge in [0.2, 0.25) is 0 Å². The number of carbonyl (C=O) groups excluding carboxylic acids is 1. The van der Waals surface area contributed by atoms with Crippen LogP contribution in [0.15, 0.2) is 94.9 Å². The zero-order chi connectivity index (χ0) is 24.8. The smallest absolute Gasteiger partial charge is 0.321 e. The van der Waals surface area contributed by atoms with Crippen LogP contribution in [0.3, 0.4) is 0 Å². The highest BCUT2D eigenvalue weighted by molar-refractivity contribution is 8.15. The quantitative estimate of drug-likeness (QED) is 0.437. The van der Waals surface area contributed by atoms with Gasteiger partial charge < -0.3 is 15.0 Å². The average molecular weight is 499 g/mol. The van der Waals surface area contributed by atoms with Crippen molar-refractivity contribution < 1.29 is 9.53 Å². The monoisotopic (exact) mass is 498 g/mol. The van der Waals surface area contributed by atoms with Gasteiger partial charge in [-0.1, -0.05) is 84.6 Å². The zero-order valence-electron chi connectivity index (χ0n) is 20.4. The van der Waals surface area contributed by atoms with E-state index < -0.39 is 5.66 Å². The molecule has 1 saturated heterocycles. The predicted octanol–water partition coefficient (Wildman–Crippen LogP) is 6.24. The maximum absolute atomic E-state index is 13.0. The van der Waals surface area contributed by atoms with Crippen LogP contribution in [-0.2, 0) is 5.75 Å². The Hall–Kier alpha value is -3.58. The SMILES string of the molecule is CCOc1ccccc1NC(=O)N1CCC2(CC1)N=C(SCc1ccccc1)C(c1ccccc1)=N2. The van der Waals surface area contributed by atoms with Gasteiger partial charge in [0.25, 0.3) is 0 Å². The highest BCUT2D eigenvalue weighted by atomic mass is 32.2. The number of nitrogens with one attached hydrogen (secondary N) is 1. The van der Waals surface area contributed by atoms with Gasteiger partial charge in [-0.05, 0) is 24.6 Å². The van der Waals surface area contributed by atoms with Gasteiger partial charge in [0, 0.05) is 37.2 Å². The predicted molar refractivity (Wildman–Crippen MR) is 148 cm³/mol. The maximum Gasteiger partial charge on any atom is 0.321 e. The van der Waals surface area contributed by atoms with Gasteiger partial charge in [-0.2, -0.15) is 0 Å². The molecule has 5 rings (SSSR count). The molecule has 0 unspecified atom stereocenters. The first kappa shape index (κ1) is 24.1. The lowest BCUT2D eigenvalue weighted by atomic mass is 9.98. The van der Waals surface area contributed by atoms with Crippen molar-refractivity contribution in [3.8, 4) is 5.75 Å². The molecule has 1 fully saturated rings. The third-order valence-electron chi connectivity index (χ3n) is 6.38. The highest BCUT2D eigenvalue weighted by Crippen LogP contribution is 2.36. The number of para-hydroxylation sites is 2. The summed E-state index contributed by atoms with van der Waals surface area (Å²) in [7, 11) is 0. The first-order valence-electron chi connectivity index (χ1n) is 12.4. The Morgan fingerprint density at radius 1 is 0.944 bits per heavy atom. The summed E-state index contributed by atoms with van der Waals surface area (Å²) in [6.45, 7) is 3.66. The van der Waals surface area contributed by atoms with Gasteiger partial charge in [0.1, 0.15) is 10.8 Å². The molecule has 1 spiro atoms. The first-order chi connectivity index (χ1) is 17.7. The second-order valence-electron chi connectivity index (χ2n) is 8.85. The van der Waals surface area contributed by atoms with Gasteiger partial charge in [-0.15, -0.1) is 0 Å². The van der Waals surface area contributed by atoms with Crippen LogP contribution in [-0.4, -0.2) is 47.0 Å². The summed E-state index contributed by atoms with van der Waals surface area (Å²) in [5.74, 6) is 1.52. The molecule has 3 aromatic carbocycles. The van der Waals surface area contributed by atoms with Crippen molar-refractivity contribution in [1.82, 2.24) is 4.90 Å². The molecule has 2 aliphatic heterocycles. The van der Waals surface area contributed by atoms with E-state index >= 15 is 0 Å². The van der Waals surface area contributed by atoms with Crippen LogP contribution in [0.25, 0.3) is 0 Å². The van der Waals surface area contributed by atoms with Crippen LogP contribution in [0.4, 0.5) is 10.5 Å². The number of carbonyl (C=O) groups is 1. The normalized spacial score (nSPS) is 16.4. The summed E-state index contributed by atoms with van der Waals surface area (Å²) in [4.78, 5) is 25.2. The summed E-state index contributed by atoms with van der Waals surface area (Å²) in [5.41, 5.74) is 3.48. The number of ether oxygens (including phenoxy) is 1. The largest absolute Gasteiger partial charge is 0.492 e. The van der Waals surface area contributed by atoms with E-state index in [0.717, 1.165) is 22.1 Å². The molecule has 2 amide bonds. The molecule has 1 N–H and O–H groups in total. The molecule has 0 atom stereocenters. The summed E-state index contributed by atoms with van der Waals surface area (Å²) in [6, 6.07) is 28.1. The van der Waals surface area contributed by atoms with Crippen LogP contribution >= 0.6 is 11.8 Å². The number of thioether (sulfide) groups is 1. The molecular weight excluding hydrogens is 468 g/mol. The number of likely N-dealkylation sites (tertiary alicyclic amines) is 1. The fourth-order valence-corrected chi connectivity index (χ4v) is 5.50. The summed E-state index contributed by atoms with van der Waals surface area (Å²) in [5, 5.41) is 3.99. The number of hydrogen-bond donors (Lipinski definition) is 1. The van der Waals surface area contributed by atoms with Gasteiger partial charge in [-0.25, -0.2) is 9.79 Å². The number of amides is 2. The number of urea groups is 1. The van der Waals surface area contributed by atoms with E-state index in [2.05, 4.69) is 41.7 Å². The van der Waals surface area contributed by atoms with Gasteiger partial charge in [0.15, 0.2) is 5.66 Å². The van der Waals surface area contributed by atoms with E-state index in [-0.39, 0.29) is 6.03 Å². The van der Waals surface area contributed by atoms with Crippen molar-refractivity contribution in [2.75, 3.05) is 25.0 Å². The first-order valence-corrected chi connectivity index (χ1v) is 13.3. The Morgan fingerprint density at radius 3 is 2.33 bits per heavy atom. The molecule has 6 nitrogen and oxygen atoms in total. The molecule has 0 aliphatic carbocycles. The Balaban J connectivity index is 1.29. The van der Waals surface area contributed by atoms with Crippen molar-refractivity contribution in [2.45, 2.75) is 31.2 Å². The minimum absolute atomic E-state index is 0.120. The molecule has 0 saturated carbocycles. The topological polar surface area (TPSA) is 66.3 Å².